The van der Waals surface area contributed by atoms with Crippen LogP contribution in [0.4, 0.5) is 0 Å². The molecular weight excluding hydrogens is 428 g/mol. The van der Waals surface area contributed by atoms with Crippen molar-refractivity contribution < 1.29 is 8.42 Å². The molecule has 0 spiro atoms. The third-order valence-electron chi connectivity index (χ3n) is 2.61. The highest BCUT2D eigenvalue weighted by molar-refractivity contribution is 9.11. The van der Waals surface area contributed by atoms with Gasteiger partial charge in [0.15, 0.2) is 0 Å². The topological polar surface area (TPSA) is 59.1 Å². The standard InChI is InChI=1S/C12H12Br2N2O2S2/c1-7-3-11(14)12(4-10(7)13)20(17,18)16-6-9-5-15-8(2)19-9/h3-5,16H,6H2,1-2H3. The first-order valence-corrected chi connectivity index (χ1v) is 9.55. The summed E-state index contributed by atoms with van der Waals surface area (Å²) < 4.78 is 28.5. The summed E-state index contributed by atoms with van der Waals surface area (Å²) in [5.74, 6) is 0. The number of thiazole rings is 1. The second-order valence-corrected chi connectivity index (χ2v) is 8.97. The lowest BCUT2D eigenvalue weighted by Crippen LogP contribution is -2.23. The summed E-state index contributed by atoms with van der Waals surface area (Å²) in [4.78, 5) is 5.20. The number of nitrogens with one attached hydrogen (secondary N) is 1. The van der Waals surface area contributed by atoms with Gasteiger partial charge >= 0.3 is 0 Å². The van der Waals surface area contributed by atoms with Crippen LogP contribution in [-0.4, -0.2) is 13.4 Å². The largest absolute Gasteiger partial charge is 0.250 e. The molecule has 0 amide bonds. The Kier molecular flexibility index (Phi) is 5.01. The van der Waals surface area contributed by atoms with E-state index >= 15 is 0 Å². The van der Waals surface area contributed by atoms with Gasteiger partial charge in [-0.1, -0.05) is 15.9 Å². The van der Waals surface area contributed by atoms with Gasteiger partial charge in [0.1, 0.15) is 0 Å². The molecule has 108 valence electrons. The Labute approximate surface area is 138 Å². The number of hydrogen-bond acceptors (Lipinski definition) is 4. The molecule has 0 radical (unpaired) electrons. The number of benzene rings is 1. The number of rotatable bonds is 4. The average Bonchev–Trinajstić information content (AvgIpc) is 2.77. The van der Waals surface area contributed by atoms with Crippen molar-refractivity contribution >= 4 is 53.2 Å². The summed E-state index contributed by atoms with van der Waals surface area (Å²) in [6, 6.07) is 3.37. The molecule has 0 bridgehead atoms. The van der Waals surface area contributed by atoms with Crippen LogP contribution in [0.15, 0.2) is 32.2 Å². The molecule has 0 saturated heterocycles. The minimum atomic E-state index is -3.57. The van der Waals surface area contributed by atoms with Crippen molar-refractivity contribution in [3.8, 4) is 0 Å². The van der Waals surface area contributed by atoms with Crippen LogP contribution >= 0.6 is 43.2 Å². The highest BCUT2D eigenvalue weighted by Gasteiger charge is 2.19. The van der Waals surface area contributed by atoms with Gasteiger partial charge in [-0.2, -0.15) is 0 Å². The smallest absolute Gasteiger partial charge is 0.242 e. The fourth-order valence-electron chi connectivity index (χ4n) is 1.56. The lowest BCUT2D eigenvalue weighted by molar-refractivity contribution is 0.581. The van der Waals surface area contributed by atoms with E-state index in [1.165, 1.54) is 11.3 Å². The first kappa shape index (κ1) is 16.1. The third-order valence-corrected chi connectivity index (χ3v) is 6.74. The molecule has 4 nitrogen and oxygen atoms in total. The van der Waals surface area contributed by atoms with Crippen molar-refractivity contribution in [2.45, 2.75) is 25.3 Å². The molecule has 20 heavy (non-hydrogen) atoms. The molecule has 0 aliphatic carbocycles. The first-order valence-electron chi connectivity index (χ1n) is 5.66. The maximum absolute atomic E-state index is 12.3. The maximum atomic E-state index is 12.3. The molecule has 1 heterocycles. The van der Waals surface area contributed by atoms with Gasteiger partial charge < -0.3 is 0 Å². The molecule has 2 rings (SSSR count). The van der Waals surface area contributed by atoms with Crippen molar-refractivity contribution in [3.63, 3.8) is 0 Å². The van der Waals surface area contributed by atoms with Crippen molar-refractivity contribution in [2.75, 3.05) is 0 Å². The Hall–Kier alpha value is -0.280. The van der Waals surface area contributed by atoms with Gasteiger partial charge in [0.25, 0.3) is 0 Å². The molecule has 0 aliphatic heterocycles. The lowest BCUT2D eigenvalue weighted by Gasteiger charge is -2.09. The quantitative estimate of drug-likeness (QED) is 0.788. The van der Waals surface area contributed by atoms with Crippen molar-refractivity contribution in [1.29, 1.82) is 0 Å². The molecule has 1 aromatic carbocycles. The van der Waals surface area contributed by atoms with E-state index in [0.29, 0.717) is 4.47 Å². The Morgan fingerprint density at radius 1 is 1.25 bits per heavy atom. The van der Waals surface area contributed by atoms with Crippen LogP contribution in [0.3, 0.4) is 0 Å². The number of nitrogens with zero attached hydrogens (tertiary/aromatic N) is 1. The molecule has 2 aromatic rings. The van der Waals surface area contributed by atoms with Gasteiger partial charge in [0, 0.05) is 26.6 Å². The first-order chi connectivity index (χ1) is 9.29. The number of hydrogen-bond donors (Lipinski definition) is 1. The Bertz CT molecular complexity index is 742. The number of aromatic nitrogens is 1. The highest BCUT2D eigenvalue weighted by Crippen LogP contribution is 2.28. The fourth-order valence-corrected chi connectivity index (χ4v) is 5.07. The summed E-state index contributed by atoms with van der Waals surface area (Å²) in [5, 5.41) is 0.915. The minimum Gasteiger partial charge on any atom is -0.250 e. The van der Waals surface area contributed by atoms with E-state index in [1.54, 1.807) is 18.3 Å². The van der Waals surface area contributed by atoms with Crippen molar-refractivity contribution in [2.24, 2.45) is 0 Å². The Morgan fingerprint density at radius 2 is 1.95 bits per heavy atom. The average molecular weight is 440 g/mol. The number of aryl methyl sites for hydroxylation is 2. The normalized spacial score (nSPS) is 11.8. The van der Waals surface area contributed by atoms with Crippen LogP contribution in [0, 0.1) is 13.8 Å². The third kappa shape index (κ3) is 3.67. The summed E-state index contributed by atoms with van der Waals surface area (Å²) in [5.41, 5.74) is 0.967. The predicted octanol–water partition coefficient (Wildman–Crippen LogP) is 3.76. The Morgan fingerprint density at radius 3 is 2.55 bits per heavy atom. The zero-order valence-corrected chi connectivity index (χ0v) is 15.6. The van der Waals surface area contributed by atoms with Crippen molar-refractivity contribution in [3.05, 3.63) is 42.7 Å². The summed E-state index contributed by atoms with van der Waals surface area (Å²) in [7, 11) is -3.57. The molecule has 0 saturated carbocycles. The van der Waals surface area contributed by atoms with Gasteiger partial charge in [-0.15, -0.1) is 11.3 Å². The maximum Gasteiger partial charge on any atom is 0.242 e. The van der Waals surface area contributed by atoms with E-state index in [1.807, 2.05) is 13.8 Å². The van der Waals surface area contributed by atoms with E-state index in [0.717, 1.165) is 19.9 Å². The van der Waals surface area contributed by atoms with Crippen LogP contribution in [0.2, 0.25) is 0 Å². The molecule has 8 heteroatoms. The predicted molar refractivity (Wildman–Crippen MR) is 87.5 cm³/mol. The van der Waals surface area contributed by atoms with Crippen LogP contribution in [0.5, 0.6) is 0 Å². The second-order valence-electron chi connectivity index (χ2n) is 4.20. The summed E-state index contributed by atoms with van der Waals surface area (Å²) in [6.45, 7) is 4.03. The zero-order chi connectivity index (χ0) is 14.9. The molecule has 0 fully saturated rings. The summed E-state index contributed by atoms with van der Waals surface area (Å²) in [6.07, 6.45) is 1.68. The number of halogens is 2. The Balaban J connectivity index is 2.24. The SMILES string of the molecule is Cc1ncc(CNS(=O)(=O)c2cc(Br)c(C)cc2Br)s1. The van der Waals surface area contributed by atoms with E-state index < -0.39 is 10.0 Å². The van der Waals surface area contributed by atoms with Gasteiger partial charge in [0.05, 0.1) is 9.90 Å². The van der Waals surface area contributed by atoms with Gasteiger partial charge in [-0.05, 0) is 47.5 Å². The minimum absolute atomic E-state index is 0.219. The van der Waals surface area contributed by atoms with Gasteiger partial charge in [-0.25, -0.2) is 18.1 Å². The van der Waals surface area contributed by atoms with E-state index in [-0.39, 0.29) is 11.4 Å². The summed E-state index contributed by atoms with van der Waals surface area (Å²) >= 11 is 8.12. The van der Waals surface area contributed by atoms with E-state index in [9.17, 15) is 8.42 Å². The van der Waals surface area contributed by atoms with Gasteiger partial charge in [0.2, 0.25) is 10.0 Å². The number of sulfonamides is 1. The zero-order valence-electron chi connectivity index (χ0n) is 10.8. The molecule has 1 N–H and O–H groups in total. The monoisotopic (exact) mass is 438 g/mol. The molecule has 0 atom stereocenters. The lowest BCUT2D eigenvalue weighted by atomic mass is 10.2. The van der Waals surface area contributed by atoms with Crippen LogP contribution in [-0.2, 0) is 16.6 Å². The molecule has 0 unspecified atom stereocenters. The van der Waals surface area contributed by atoms with E-state index in [4.69, 9.17) is 0 Å². The van der Waals surface area contributed by atoms with Crippen LogP contribution in [0.25, 0.3) is 0 Å². The molecular formula is C12H12Br2N2O2S2. The fraction of sp³-hybridized carbons (Fsp3) is 0.250. The second kappa shape index (κ2) is 6.23. The van der Waals surface area contributed by atoms with Crippen molar-refractivity contribution in [1.82, 2.24) is 9.71 Å². The van der Waals surface area contributed by atoms with E-state index in [2.05, 4.69) is 41.6 Å². The molecule has 0 aliphatic rings. The van der Waals surface area contributed by atoms with Gasteiger partial charge in [-0.3, -0.25) is 0 Å². The molecule has 1 aromatic heterocycles. The van der Waals surface area contributed by atoms with Crippen LogP contribution in [0.1, 0.15) is 15.4 Å². The van der Waals surface area contributed by atoms with Crippen LogP contribution < -0.4 is 4.72 Å². The highest BCUT2D eigenvalue weighted by atomic mass is 79.9.